The second-order valence-electron chi connectivity index (χ2n) is 4.06. The van der Waals surface area contributed by atoms with Gasteiger partial charge in [0.2, 0.25) is 0 Å². The summed E-state index contributed by atoms with van der Waals surface area (Å²) in [5.74, 6) is -0.706. The minimum atomic E-state index is -0.889. The lowest BCUT2D eigenvalue weighted by Crippen LogP contribution is -2.08. The van der Waals surface area contributed by atoms with Gasteiger partial charge in [-0.25, -0.2) is 0 Å². The number of carboxylic acids is 1. The molecule has 0 bridgehead atoms. The van der Waals surface area contributed by atoms with Crippen LogP contribution in [0.4, 0.5) is 0 Å². The zero-order valence-corrected chi connectivity index (χ0v) is 11.1. The maximum atomic E-state index is 11.9. The number of hydrogen-bond donors (Lipinski definition) is 1. The van der Waals surface area contributed by atoms with Crippen LogP contribution in [0.5, 0.6) is 0 Å². The van der Waals surface area contributed by atoms with Crippen LogP contribution in [0.15, 0.2) is 12.1 Å². The van der Waals surface area contributed by atoms with Gasteiger partial charge in [0.05, 0.1) is 11.5 Å². The van der Waals surface area contributed by atoms with E-state index in [-0.39, 0.29) is 17.3 Å². The first-order chi connectivity index (χ1) is 7.91. The number of carbonyl (C=O) groups is 2. The van der Waals surface area contributed by atoms with Gasteiger partial charge in [0, 0.05) is 5.56 Å². The molecule has 0 spiro atoms. The molecule has 0 heterocycles. The maximum absolute atomic E-state index is 11.9. The molecule has 92 valence electrons. The van der Waals surface area contributed by atoms with Crippen LogP contribution < -0.4 is 0 Å². The molecular formula is C13H16O3S. The van der Waals surface area contributed by atoms with Gasteiger partial charge in [-0.1, -0.05) is 6.07 Å². The lowest BCUT2D eigenvalue weighted by Gasteiger charge is -2.08. The van der Waals surface area contributed by atoms with Crippen molar-refractivity contribution in [3.8, 4) is 0 Å². The summed E-state index contributed by atoms with van der Waals surface area (Å²) in [7, 11) is 0. The van der Waals surface area contributed by atoms with E-state index in [1.54, 1.807) is 0 Å². The Bertz CT molecular complexity index is 452. The molecule has 0 atom stereocenters. The summed E-state index contributed by atoms with van der Waals surface area (Å²) < 4.78 is 0. The predicted molar refractivity (Wildman–Crippen MR) is 69.9 cm³/mol. The Labute approximate surface area is 105 Å². The summed E-state index contributed by atoms with van der Waals surface area (Å²) in [5.41, 5.74) is 3.90. The predicted octanol–water partition coefficient (Wildman–Crippen LogP) is 2.61. The summed E-state index contributed by atoms with van der Waals surface area (Å²) >= 11 is 1.13. The highest BCUT2D eigenvalue weighted by Gasteiger charge is 2.11. The molecule has 0 saturated carbocycles. The van der Waals surface area contributed by atoms with E-state index in [0.717, 1.165) is 28.5 Å². The Kier molecular flexibility index (Phi) is 4.75. The van der Waals surface area contributed by atoms with E-state index in [1.807, 2.05) is 32.9 Å². The van der Waals surface area contributed by atoms with E-state index in [1.165, 1.54) is 0 Å². The number of ketones is 1. The molecule has 3 nitrogen and oxygen atoms in total. The number of aryl methyl sites for hydroxylation is 3. The third kappa shape index (κ3) is 3.89. The van der Waals surface area contributed by atoms with Crippen LogP contribution in [0.2, 0.25) is 0 Å². The second kappa shape index (κ2) is 5.87. The molecule has 0 aliphatic carbocycles. The molecule has 0 saturated heterocycles. The van der Waals surface area contributed by atoms with E-state index in [0.29, 0.717) is 5.56 Å². The fourth-order valence-electron chi connectivity index (χ4n) is 1.57. The van der Waals surface area contributed by atoms with Crippen LogP contribution in [0, 0.1) is 20.8 Å². The quantitative estimate of drug-likeness (QED) is 0.818. The molecule has 1 aromatic rings. The highest BCUT2D eigenvalue weighted by Crippen LogP contribution is 2.17. The van der Waals surface area contributed by atoms with Crippen molar-refractivity contribution >= 4 is 23.5 Å². The van der Waals surface area contributed by atoms with Gasteiger partial charge in [-0.05, 0) is 43.5 Å². The zero-order chi connectivity index (χ0) is 13.0. The molecule has 0 amide bonds. The van der Waals surface area contributed by atoms with Gasteiger partial charge in [0.15, 0.2) is 5.78 Å². The lowest BCUT2D eigenvalue weighted by atomic mass is 9.99. The zero-order valence-electron chi connectivity index (χ0n) is 10.2. The topological polar surface area (TPSA) is 54.4 Å². The summed E-state index contributed by atoms with van der Waals surface area (Å²) in [4.78, 5) is 22.2. The van der Waals surface area contributed by atoms with Gasteiger partial charge < -0.3 is 5.11 Å². The van der Waals surface area contributed by atoms with Crippen LogP contribution in [-0.4, -0.2) is 28.4 Å². The molecule has 4 heteroatoms. The number of carboxylic acid groups (broad SMARTS) is 1. The van der Waals surface area contributed by atoms with E-state index < -0.39 is 5.97 Å². The van der Waals surface area contributed by atoms with Gasteiger partial charge >= 0.3 is 5.97 Å². The highest BCUT2D eigenvalue weighted by atomic mass is 32.2. The lowest BCUT2D eigenvalue weighted by molar-refractivity contribution is -0.133. The summed E-state index contributed by atoms with van der Waals surface area (Å²) in [6, 6.07) is 3.87. The average Bonchev–Trinajstić information content (AvgIpc) is 2.22. The summed E-state index contributed by atoms with van der Waals surface area (Å²) in [6.07, 6.45) is 0. The number of carbonyl (C=O) groups excluding carboxylic acids is 1. The Hall–Kier alpha value is -1.29. The Morgan fingerprint density at radius 3 is 2.24 bits per heavy atom. The highest BCUT2D eigenvalue weighted by molar-refractivity contribution is 8.00. The van der Waals surface area contributed by atoms with Gasteiger partial charge in [0.1, 0.15) is 0 Å². The summed E-state index contributed by atoms with van der Waals surface area (Å²) in [5, 5.41) is 8.50. The minimum absolute atomic E-state index is 0.00292. The average molecular weight is 252 g/mol. The number of aliphatic carboxylic acids is 1. The molecule has 0 fully saturated rings. The standard InChI is InChI=1S/C13H16O3S/c1-8-4-10(3)11(5-9(8)2)12(14)6-17-7-13(15)16/h4-5H,6-7H2,1-3H3,(H,15,16). The molecule has 0 aliphatic rings. The van der Waals surface area contributed by atoms with Crippen LogP contribution >= 0.6 is 11.8 Å². The number of thioether (sulfide) groups is 1. The number of Topliss-reactive ketones (excluding diaryl/α,β-unsaturated/α-hetero) is 1. The number of benzene rings is 1. The van der Waals surface area contributed by atoms with Crippen LogP contribution in [0.1, 0.15) is 27.0 Å². The van der Waals surface area contributed by atoms with Gasteiger partial charge in [-0.2, -0.15) is 0 Å². The van der Waals surface area contributed by atoms with E-state index in [2.05, 4.69) is 0 Å². The van der Waals surface area contributed by atoms with Crippen molar-refractivity contribution in [3.63, 3.8) is 0 Å². The van der Waals surface area contributed by atoms with Gasteiger partial charge in [0.25, 0.3) is 0 Å². The minimum Gasteiger partial charge on any atom is -0.481 e. The first kappa shape index (κ1) is 13.8. The fourth-order valence-corrected chi connectivity index (χ4v) is 2.19. The molecule has 0 aromatic heterocycles. The molecule has 1 rings (SSSR count). The number of rotatable bonds is 5. The van der Waals surface area contributed by atoms with Crippen molar-refractivity contribution in [1.82, 2.24) is 0 Å². The van der Waals surface area contributed by atoms with Crippen LogP contribution in [0.25, 0.3) is 0 Å². The molecular weight excluding hydrogens is 236 g/mol. The first-order valence-electron chi connectivity index (χ1n) is 5.32. The van der Waals surface area contributed by atoms with Crippen molar-refractivity contribution in [1.29, 1.82) is 0 Å². The van der Waals surface area contributed by atoms with E-state index >= 15 is 0 Å². The van der Waals surface area contributed by atoms with Gasteiger partial charge in [-0.15, -0.1) is 11.8 Å². The van der Waals surface area contributed by atoms with E-state index in [4.69, 9.17) is 5.11 Å². The molecule has 1 N–H and O–H groups in total. The van der Waals surface area contributed by atoms with Crippen molar-refractivity contribution in [2.75, 3.05) is 11.5 Å². The monoisotopic (exact) mass is 252 g/mol. The Morgan fingerprint density at radius 1 is 1.06 bits per heavy atom. The SMILES string of the molecule is Cc1cc(C)c(C(=O)CSCC(=O)O)cc1C. The van der Waals surface area contributed by atoms with Crippen molar-refractivity contribution in [3.05, 3.63) is 34.4 Å². The first-order valence-corrected chi connectivity index (χ1v) is 6.48. The van der Waals surface area contributed by atoms with Crippen LogP contribution in [-0.2, 0) is 4.79 Å². The maximum Gasteiger partial charge on any atom is 0.313 e. The smallest absolute Gasteiger partial charge is 0.313 e. The Morgan fingerprint density at radius 2 is 1.65 bits per heavy atom. The fraction of sp³-hybridized carbons (Fsp3) is 0.385. The third-order valence-corrected chi connectivity index (χ3v) is 3.52. The largest absolute Gasteiger partial charge is 0.481 e. The van der Waals surface area contributed by atoms with E-state index in [9.17, 15) is 9.59 Å². The van der Waals surface area contributed by atoms with Crippen LogP contribution in [0.3, 0.4) is 0 Å². The van der Waals surface area contributed by atoms with Crippen molar-refractivity contribution in [2.45, 2.75) is 20.8 Å². The molecule has 1 aromatic carbocycles. The summed E-state index contributed by atoms with van der Waals surface area (Å²) in [6.45, 7) is 5.88. The molecule has 0 aliphatic heterocycles. The second-order valence-corrected chi connectivity index (χ2v) is 5.05. The molecule has 0 unspecified atom stereocenters. The molecule has 17 heavy (non-hydrogen) atoms. The van der Waals surface area contributed by atoms with Gasteiger partial charge in [-0.3, -0.25) is 9.59 Å². The molecule has 0 radical (unpaired) electrons. The number of hydrogen-bond acceptors (Lipinski definition) is 3. The normalized spacial score (nSPS) is 10.3. The Balaban J connectivity index is 2.75. The van der Waals surface area contributed by atoms with Crippen molar-refractivity contribution < 1.29 is 14.7 Å². The van der Waals surface area contributed by atoms with Crippen molar-refractivity contribution in [2.24, 2.45) is 0 Å². The third-order valence-electron chi connectivity index (χ3n) is 2.60.